The number of rotatable bonds is 35. The number of hydrogen-bond donors (Lipinski definition) is 1. The zero-order valence-corrected chi connectivity index (χ0v) is 31.4. The van der Waals surface area contributed by atoms with E-state index in [0.29, 0.717) is 12.5 Å². The number of nitrogens with one attached hydrogen (secondary N) is 1. The minimum absolute atomic E-state index is 0.00168. The summed E-state index contributed by atoms with van der Waals surface area (Å²) in [5.74, 6) is -0.00168. The number of esters is 1. The highest BCUT2D eigenvalue weighted by molar-refractivity contribution is 5.69. The lowest BCUT2D eigenvalue weighted by molar-refractivity contribution is -0.150. The number of carbonyl (C=O) groups is 1. The predicted octanol–water partition coefficient (Wildman–Crippen LogP) is 13.7. The fourth-order valence-corrected chi connectivity index (χ4v) is 5.67. The second-order valence-corrected chi connectivity index (χ2v) is 13.7. The van der Waals surface area contributed by atoms with Gasteiger partial charge < -0.3 is 10.1 Å². The van der Waals surface area contributed by atoms with Crippen molar-refractivity contribution in [1.82, 2.24) is 5.32 Å². The van der Waals surface area contributed by atoms with Crippen molar-refractivity contribution in [3.8, 4) is 0 Å². The predicted molar refractivity (Wildman–Crippen MR) is 206 cm³/mol. The Morgan fingerprint density at radius 2 is 0.913 bits per heavy atom. The van der Waals surface area contributed by atoms with Crippen molar-refractivity contribution < 1.29 is 9.53 Å². The highest BCUT2D eigenvalue weighted by atomic mass is 16.5. The van der Waals surface area contributed by atoms with Gasteiger partial charge in [0.1, 0.15) is 6.10 Å². The summed E-state index contributed by atoms with van der Waals surface area (Å²) in [7, 11) is 0. The summed E-state index contributed by atoms with van der Waals surface area (Å²) in [5.41, 5.74) is 0. The van der Waals surface area contributed by atoms with E-state index in [1.807, 2.05) is 0 Å². The van der Waals surface area contributed by atoms with Crippen LogP contribution in [0.2, 0.25) is 0 Å². The van der Waals surface area contributed by atoms with Gasteiger partial charge in [-0.25, -0.2) is 0 Å². The van der Waals surface area contributed by atoms with Gasteiger partial charge in [0, 0.05) is 12.5 Å². The molecule has 1 unspecified atom stereocenters. The normalized spacial score (nSPS) is 13.0. The molecule has 3 heteroatoms. The van der Waals surface area contributed by atoms with Gasteiger partial charge in [-0.3, -0.25) is 4.79 Å². The van der Waals surface area contributed by atoms with Crippen molar-refractivity contribution in [3.63, 3.8) is 0 Å². The van der Waals surface area contributed by atoms with Gasteiger partial charge in [0.05, 0.1) is 0 Å². The molecule has 268 valence electrons. The first-order chi connectivity index (χ1) is 22.6. The molecule has 0 rings (SSSR count). The average Bonchev–Trinajstić information content (AvgIpc) is 3.04. The van der Waals surface area contributed by atoms with Crippen molar-refractivity contribution >= 4 is 5.97 Å². The van der Waals surface area contributed by atoms with Crippen LogP contribution in [-0.4, -0.2) is 24.7 Å². The Morgan fingerprint density at radius 3 is 1.33 bits per heavy atom. The van der Waals surface area contributed by atoms with Crippen LogP contribution in [0, 0.1) is 0 Å². The van der Waals surface area contributed by atoms with Gasteiger partial charge in [0.2, 0.25) is 0 Å². The second kappa shape index (κ2) is 37.8. The van der Waals surface area contributed by atoms with Gasteiger partial charge in [0.25, 0.3) is 0 Å². The first kappa shape index (κ1) is 44.4. The highest BCUT2D eigenvalue weighted by Crippen LogP contribution is 2.18. The molecule has 1 N–H and O–H groups in total. The van der Waals surface area contributed by atoms with Crippen LogP contribution in [-0.2, 0) is 9.53 Å². The van der Waals surface area contributed by atoms with Crippen LogP contribution in [0.5, 0.6) is 0 Å². The van der Waals surface area contributed by atoms with Gasteiger partial charge in [-0.2, -0.15) is 0 Å². The number of allylic oxidation sites excluding steroid dienone is 8. The Morgan fingerprint density at radius 1 is 0.522 bits per heavy atom. The molecule has 0 aliphatic carbocycles. The van der Waals surface area contributed by atoms with E-state index in [2.05, 4.69) is 81.6 Å². The van der Waals surface area contributed by atoms with E-state index in [0.717, 1.165) is 38.6 Å². The summed E-state index contributed by atoms with van der Waals surface area (Å²) in [6.07, 6.45) is 51.2. The quantitative estimate of drug-likeness (QED) is 0.0425. The minimum atomic E-state index is -0.00168. The van der Waals surface area contributed by atoms with Crippen LogP contribution in [0.4, 0.5) is 0 Å². The highest BCUT2D eigenvalue weighted by Gasteiger charge is 2.14. The molecule has 0 saturated carbocycles. The van der Waals surface area contributed by atoms with Gasteiger partial charge in [0.15, 0.2) is 0 Å². The van der Waals surface area contributed by atoms with Crippen LogP contribution in [0.3, 0.4) is 0 Å². The smallest absolute Gasteiger partial charge is 0.306 e. The van der Waals surface area contributed by atoms with Crippen LogP contribution in [0.15, 0.2) is 48.6 Å². The van der Waals surface area contributed by atoms with Gasteiger partial charge >= 0.3 is 5.97 Å². The topological polar surface area (TPSA) is 38.3 Å². The Labute approximate surface area is 288 Å². The Balaban J connectivity index is 4.08. The van der Waals surface area contributed by atoms with Gasteiger partial charge in [-0.15, -0.1) is 0 Å². The van der Waals surface area contributed by atoms with Crippen molar-refractivity contribution in [2.75, 3.05) is 6.54 Å². The summed E-state index contributed by atoms with van der Waals surface area (Å²) in [5, 5.41) is 3.40. The molecule has 3 nitrogen and oxygen atoms in total. The maximum atomic E-state index is 12.6. The fourth-order valence-electron chi connectivity index (χ4n) is 5.67. The molecule has 0 saturated heterocycles. The zero-order valence-electron chi connectivity index (χ0n) is 31.4. The molecule has 0 heterocycles. The lowest BCUT2D eigenvalue weighted by Crippen LogP contribution is -2.25. The zero-order chi connectivity index (χ0) is 33.6. The largest absolute Gasteiger partial charge is 0.462 e. The van der Waals surface area contributed by atoms with Crippen molar-refractivity contribution in [2.45, 2.75) is 213 Å². The molecule has 0 aromatic heterocycles. The van der Waals surface area contributed by atoms with E-state index < -0.39 is 0 Å². The SMILES string of the molecule is CCCCCC=CCC=CCCCCCCCCC(CCCCCCCC=CCC=CCCCCC)OC(=O)CCCNC(C)C. The maximum Gasteiger partial charge on any atom is 0.306 e. The Hall–Kier alpha value is -1.61. The summed E-state index contributed by atoms with van der Waals surface area (Å²) in [4.78, 5) is 12.6. The fraction of sp³-hybridized carbons (Fsp3) is 0.791. The van der Waals surface area contributed by atoms with Crippen LogP contribution in [0.1, 0.15) is 201 Å². The number of unbranched alkanes of at least 4 members (excludes halogenated alkanes) is 17. The number of hydrogen-bond acceptors (Lipinski definition) is 3. The first-order valence-corrected chi connectivity index (χ1v) is 20.1. The molecule has 1 atom stereocenters. The number of ether oxygens (including phenoxy) is 1. The van der Waals surface area contributed by atoms with E-state index in [4.69, 9.17) is 4.74 Å². The maximum absolute atomic E-state index is 12.6. The van der Waals surface area contributed by atoms with Crippen LogP contribution >= 0.6 is 0 Å². The summed E-state index contributed by atoms with van der Waals surface area (Å²) in [6, 6.07) is 0.464. The lowest BCUT2D eigenvalue weighted by atomic mass is 10.0. The summed E-state index contributed by atoms with van der Waals surface area (Å²) in [6.45, 7) is 9.70. The molecule has 0 fully saturated rings. The van der Waals surface area contributed by atoms with Crippen molar-refractivity contribution in [1.29, 1.82) is 0 Å². The Kier molecular flexibility index (Phi) is 36.5. The third-order valence-electron chi connectivity index (χ3n) is 8.61. The minimum Gasteiger partial charge on any atom is -0.462 e. The first-order valence-electron chi connectivity index (χ1n) is 20.1. The standard InChI is InChI=1S/C43H79NO2/c1-5-7-9-11-13-15-17-19-21-23-25-27-29-31-33-35-38-42(46-43(45)39-36-40-44-41(3)4)37-34-32-30-28-26-24-22-20-18-16-14-12-10-8-6-2/h13-16,19-22,41-42,44H,5-12,17-18,23-40H2,1-4H3. The second-order valence-electron chi connectivity index (χ2n) is 13.7. The molecule has 46 heavy (non-hydrogen) atoms. The van der Waals surface area contributed by atoms with E-state index in [9.17, 15) is 4.79 Å². The molecular formula is C43H79NO2. The van der Waals surface area contributed by atoms with E-state index in [1.54, 1.807) is 0 Å². The molecule has 0 aliphatic heterocycles. The van der Waals surface area contributed by atoms with E-state index >= 15 is 0 Å². The van der Waals surface area contributed by atoms with E-state index in [1.165, 1.54) is 135 Å². The third-order valence-corrected chi connectivity index (χ3v) is 8.61. The number of carbonyl (C=O) groups excluding carboxylic acids is 1. The van der Waals surface area contributed by atoms with Crippen molar-refractivity contribution in [2.24, 2.45) is 0 Å². The van der Waals surface area contributed by atoms with Crippen LogP contribution in [0.25, 0.3) is 0 Å². The molecule has 0 amide bonds. The summed E-state index contributed by atoms with van der Waals surface area (Å²) < 4.78 is 6.01. The summed E-state index contributed by atoms with van der Waals surface area (Å²) >= 11 is 0. The third kappa shape index (κ3) is 36.9. The lowest BCUT2D eigenvalue weighted by Gasteiger charge is -2.18. The molecule has 0 spiro atoms. The van der Waals surface area contributed by atoms with Crippen molar-refractivity contribution in [3.05, 3.63) is 48.6 Å². The Bertz CT molecular complexity index is 735. The van der Waals surface area contributed by atoms with Gasteiger partial charge in [-0.05, 0) is 103 Å². The monoisotopic (exact) mass is 642 g/mol. The molecule has 0 aliphatic rings. The van der Waals surface area contributed by atoms with Crippen LogP contribution < -0.4 is 5.32 Å². The molecular weight excluding hydrogens is 562 g/mol. The average molecular weight is 642 g/mol. The molecule has 0 aromatic rings. The molecule has 0 aromatic carbocycles. The van der Waals surface area contributed by atoms with Gasteiger partial charge in [-0.1, -0.05) is 147 Å². The molecule has 0 bridgehead atoms. The molecule has 0 radical (unpaired) electrons. The van der Waals surface area contributed by atoms with E-state index in [-0.39, 0.29) is 12.1 Å².